The first-order valence-electron chi connectivity index (χ1n) is 24.0. The van der Waals surface area contributed by atoms with Crippen LogP contribution < -0.4 is 5.69 Å². The summed E-state index contributed by atoms with van der Waals surface area (Å²) in [5.41, 5.74) is 9.80. The Kier molecular flexibility index (Phi) is 12.2. The highest BCUT2D eigenvalue weighted by atomic mass is 32.1. The fraction of sp³-hybridized carbons (Fsp3) is 0.286. The SMILES string of the molecule is O=c1[nH]c2ccccc2n1C1CCN(CC2=NOC(c3ccccc3)(c3ccccc3)C2)CC1.S=c1[nH]c2ccccc2n1C1CCN(CC2=NOC(c3ccccc3)(c3ccccc3)C2)CC1. The Bertz CT molecular complexity index is 2870. The molecule has 6 aromatic carbocycles. The number of para-hydroxylation sites is 4. The minimum absolute atomic E-state index is 0.0104. The fourth-order valence-electron chi connectivity index (χ4n) is 11.0. The van der Waals surface area contributed by atoms with Gasteiger partial charge in [0.15, 0.2) is 16.0 Å². The first-order valence-corrected chi connectivity index (χ1v) is 24.4. The quantitative estimate of drug-likeness (QED) is 0.132. The van der Waals surface area contributed by atoms with E-state index in [0.717, 1.165) is 133 Å². The number of likely N-dealkylation sites (tertiary alicyclic amines) is 2. The largest absolute Gasteiger partial charge is 0.379 e. The molecule has 11 nitrogen and oxygen atoms in total. The van der Waals surface area contributed by atoms with Gasteiger partial charge in [0.05, 0.1) is 33.5 Å². The topological polar surface area (TPSA) is 108 Å². The van der Waals surface area contributed by atoms with Gasteiger partial charge in [-0.2, -0.15) is 0 Å². The number of benzene rings is 6. The third-order valence-corrected chi connectivity index (χ3v) is 14.7. The minimum atomic E-state index is -0.576. The molecule has 2 fully saturated rings. The lowest BCUT2D eigenvalue weighted by molar-refractivity contribution is 0.0111. The molecule has 0 unspecified atom stereocenters. The molecule has 2 N–H and O–H groups in total. The Morgan fingerprint density at radius 1 is 0.485 bits per heavy atom. The van der Waals surface area contributed by atoms with E-state index in [-0.39, 0.29) is 11.7 Å². The third kappa shape index (κ3) is 8.52. The van der Waals surface area contributed by atoms with E-state index in [9.17, 15) is 4.79 Å². The summed E-state index contributed by atoms with van der Waals surface area (Å²) in [4.78, 5) is 36.4. The second kappa shape index (κ2) is 19.0. The molecule has 6 heterocycles. The van der Waals surface area contributed by atoms with Crippen molar-refractivity contribution in [1.82, 2.24) is 28.9 Å². The van der Waals surface area contributed by atoms with E-state index in [1.165, 1.54) is 5.52 Å². The molecule has 344 valence electrons. The molecule has 0 saturated carbocycles. The third-order valence-electron chi connectivity index (χ3n) is 14.4. The van der Waals surface area contributed by atoms with Crippen molar-refractivity contribution in [3.8, 4) is 0 Å². The highest BCUT2D eigenvalue weighted by molar-refractivity contribution is 7.71. The van der Waals surface area contributed by atoms with Gasteiger partial charge < -0.3 is 24.2 Å². The number of piperidine rings is 2. The lowest BCUT2D eigenvalue weighted by atomic mass is 9.82. The Labute approximate surface area is 401 Å². The van der Waals surface area contributed by atoms with E-state index in [4.69, 9.17) is 21.9 Å². The molecule has 4 aliphatic rings. The summed E-state index contributed by atoms with van der Waals surface area (Å²) in [5, 5.41) is 9.18. The highest BCUT2D eigenvalue weighted by Gasteiger charge is 2.44. The Morgan fingerprint density at radius 2 is 0.838 bits per heavy atom. The van der Waals surface area contributed by atoms with Gasteiger partial charge in [-0.3, -0.25) is 14.4 Å². The summed E-state index contributed by atoms with van der Waals surface area (Å²) in [6.45, 7) is 5.53. The van der Waals surface area contributed by atoms with Crippen LogP contribution in [0.2, 0.25) is 0 Å². The van der Waals surface area contributed by atoms with Crippen LogP contribution in [0.4, 0.5) is 0 Å². The zero-order chi connectivity index (χ0) is 45.9. The first kappa shape index (κ1) is 43.7. The van der Waals surface area contributed by atoms with E-state index in [1.54, 1.807) is 0 Å². The number of aromatic nitrogens is 4. The Balaban J connectivity index is 0.000000149. The molecule has 2 saturated heterocycles. The number of aromatic amines is 2. The molecule has 12 rings (SSSR count). The predicted octanol–water partition coefficient (Wildman–Crippen LogP) is 10.7. The van der Waals surface area contributed by atoms with Crippen molar-refractivity contribution in [3.05, 3.63) is 207 Å². The Morgan fingerprint density at radius 3 is 1.26 bits per heavy atom. The molecule has 2 aromatic heterocycles. The lowest BCUT2D eigenvalue weighted by Gasteiger charge is -2.33. The van der Waals surface area contributed by atoms with Crippen LogP contribution in [0.15, 0.2) is 185 Å². The molecule has 0 bridgehead atoms. The summed E-state index contributed by atoms with van der Waals surface area (Å²) in [7, 11) is 0. The van der Waals surface area contributed by atoms with Gasteiger partial charge in [-0.1, -0.05) is 156 Å². The number of hydrogen-bond acceptors (Lipinski definition) is 8. The maximum absolute atomic E-state index is 12.6. The number of fused-ring (bicyclic) bond motifs is 2. The van der Waals surface area contributed by atoms with Gasteiger partial charge in [0.25, 0.3) is 0 Å². The molecule has 0 amide bonds. The van der Waals surface area contributed by atoms with Crippen LogP contribution in [0, 0.1) is 4.77 Å². The van der Waals surface area contributed by atoms with E-state index in [2.05, 4.69) is 156 Å². The number of nitrogens with one attached hydrogen (secondary N) is 2. The van der Waals surface area contributed by atoms with Crippen molar-refractivity contribution in [1.29, 1.82) is 0 Å². The number of oxime groups is 2. The summed E-state index contributed by atoms with van der Waals surface area (Å²) in [6.07, 6.45) is 5.55. The van der Waals surface area contributed by atoms with Crippen molar-refractivity contribution in [2.45, 2.75) is 61.8 Å². The van der Waals surface area contributed by atoms with Crippen LogP contribution in [0.5, 0.6) is 0 Å². The number of hydrogen-bond donors (Lipinski definition) is 2. The number of rotatable bonds is 10. The van der Waals surface area contributed by atoms with Gasteiger partial charge in [-0.25, -0.2) is 4.79 Å². The molecule has 0 spiro atoms. The van der Waals surface area contributed by atoms with Crippen molar-refractivity contribution in [2.24, 2.45) is 10.3 Å². The lowest BCUT2D eigenvalue weighted by Crippen LogP contribution is -2.40. The van der Waals surface area contributed by atoms with E-state index >= 15 is 0 Å². The Hall–Kier alpha value is -6.86. The zero-order valence-electron chi connectivity index (χ0n) is 38.1. The van der Waals surface area contributed by atoms with Gasteiger partial charge in [0, 0.05) is 86.4 Å². The molecule has 0 aliphatic carbocycles. The van der Waals surface area contributed by atoms with Gasteiger partial charge in [-0.05, 0) is 62.2 Å². The van der Waals surface area contributed by atoms with Crippen molar-refractivity contribution in [2.75, 3.05) is 39.3 Å². The molecule has 68 heavy (non-hydrogen) atoms. The van der Waals surface area contributed by atoms with Crippen LogP contribution in [-0.4, -0.2) is 79.6 Å². The molecule has 0 atom stereocenters. The van der Waals surface area contributed by atoms with Gasteiger partial charge in [0.2, 0.25) is 0 Å². The smallest absolute Gasteiger partial charge is 0.326 e. The van der Waals surface area contributed by atoms with Gasteiger partial charge in [-0.15, -0.1) is 0 Å². The summed E-state index contributed by atoms with van der Waals surface area (Å²) in [6, 6.07) is 58.7. The summed E-state index contributed by atoms with van der Waals surface area (Å²) < 4.78 is 5.08. The van der Waals surface area contributed by atoms with Gasteiger partial charge >= 0.3 is 5.69 Å². The summed E-state index contributed by atoms with van der Waals surface area (Å²) >= 11 is 5.66. The van der Waals surface area contributed by atoms with Crippen LogP contribution in [-0.2, 0) is 20.9 Å². The van der Waals surface area contributed by atoms with Crippen LogP contribution in [0.3, 0.4) is 0 Å². The molecule has 0 radical (unpaired) electrons. The monoisotopic (exact) mass is 920 g/mol. The maximum atomic E-state index is 12.6. The van der Waals surface area contributed by atoms with Crippen molar-refractivity contribution in [3.63, 3.8) is 0 Å². The predicted molar refractivity (Wildman–Crippen MR) is 273 cm³/mol. The first-order chi connectivity index (χ1) is 33.5. The van der Waals surface area contributed by atoms with E-state index < -0.39 is 11.2 Å². The fourth-order valence-corrected chi connectivity index (χ4v) is 11.4. The molecular formula is C56H56N8O3S. The second-order valence-corrected chi connectivity index (χ2v) is 19.0. The van der Waals surface area contributed by atoms with E-state index in [0.29, 0.717) is 6.04 Å². The normalized spacial score (nSPS) is 18.6. The van der Waals surface area contributed by atoms with Crippen LogP contribution >= 0.6 is 12.2 Å². The average molecular weight is 921 g/mol. The highest BCUT2D eigenvalue weighted by Crippen LogP contribution is 2.43. The van der Waals surface area contributed by atoms with Crippen molar-refractivity contribution >= 4 is 45.7 Å². The van der Waals surface area contributed by atoms with Crippen molar-refractivity contribution < 1.29 is 9.68 Å². The zero-order valence-corrected chi connectivity index (χ0v) is 38.9. The number of H-pyrrole nitrogens is 2. The molecule has 8 aromatic rings. The summed E-state index contributed by atoms with van der Waals surface area (Å²) in [5.74, 6) is 0. The van der Waals surface area contributed by atoms with E-state index in [1.807, 2.05) is 53.1 Å². The standard InChI is InChI=1S/C28H28N4O2.C28H28N4OS/c33-27-29-25-13-7-8-14-26(25)32(27)24-15-17-31(18-16-24)20-23-19-28(34-30-23,21-9-3-1-4-10-21)22-11-5-2-6-12-22;34-27-29-25-13-7-8-14-26(25)32(27)24-15-17-31(18-16-24)20-23-19-28(33-30-23,21-9-3-1-4-10-21)22-11-5-2-6-12-22/h1-14,24H,15-20H2,(H,29,33);1-14,24H,15-20H2,(H,29,34). The maximum Gasteiger partial charge on any atom is 0.326 e. The molecular weight excluding hydrogens is 865 g/mol. The molecule has 12 heteroatoms. The van der Waals surface area contributed by atoms with Gasteiger partial charge in [0.1, 0.15) is 0 Å². The number of imidazole rings is 2. The second-order valence-electron chi connectivity index (χ2n) is 18.6. The molecule has 4 aliphatic heterocycles. The van der Waals surface area contributed by atoms with Crippen LogP contribution in [0.25, 0.3) is 22.1 Å². The minimum Gasteiger partial charge on any atom is -0.379 e. The average Bonchev–Trinajstić information content (AvgIpc) is 4.19. The number of nitrogens with zero attached hydrogens (tertiary/aromatic N) is 6. The van der Waals surface area contributed by atoms with Crippen LogP contribution in [0.1, 0.15) is 72.9 Å².